The first-order valence-electron chi connectivity index (χ1n) is 6.45. The summed E-state index contributed by atoms with van der Waals surface area (Å²) in [4.78, 5) is 16.2. The van der Waals surface area contributed by atoms with E-state index in [1.54, 1.807) is 36.4 Å². The predicted molar refractivity (Wildman–Crippen MR) is 83.7 cm³/mol. The van der Waals surface area contributed by atoms with Gasteiger partial charge in [-0.25, -0.2) is 13.4 Å². The molecule has 1 N–H and O–H groups in total. The number of nitrogens with zero attached hydrogens (tertiary/aromatic N) is 1. The third kappa shape index (κ3) is 4.56. The Balaban J connectivity index is 2.13. The smallest absolute Gasteiger partial charge is 0.255 e. The summed E-state index contributed by atoms with van der Waals surface area (Å²) in [5, 5.41) is 2.69. The van der Waals surface area contributed by atoms with Gasteiger partial charge in [0.15, 0.2) is 9.84 Å². The van der Waals surface area contributed by atoms with Crippen LogP contribution in [0.25, 0.3) is 0 Å². The number of pyridine rings is 1. The number of aromatic nitrogens is 1. The summed E-state index contributed by atoms with van der Waals surface area (Å²) in [5.74, 6) is 0.0218. The number of hydrogen-bond donors (Lipinski definition) is 1. The minimum Gasteiger partial charge on any atom is -0.481 e. The van der Waals surface area contributed by atoms with Crippen molar-refractivity contribution < 1.29 is 17.9 Å². The first kappa shape index (κ1) is 16.0. The Morgan fingerprint density at radius 3 is 2.64 bits per heavy atom. The number of anilines is 1. The molecule has 116 valence electrons. The van der Waals surface area contributed by atoms with Crippen LogP contribution in [0.5, 0.6) is 5.88 Å². The van der Waals surface area contributed by atoms with Gasteiger partial charge in [0.2, 0.25) is 5.88 Å². The van der Waals surface area contributed by atoms with E-state index in [-0.39, 0.29) is 11.7 Å². The molecule has 2 rings (SSSR count). The molecule has 0 radical (unpaired) electrons. The second kappa shape index (κ2) is 6.57. The number of carbonyl (C=O) groups excluding carboxylic acids is 1. The Morgan fingerprint density at radius 1 is 1.27 bits per heavy atom. The van der Waals surface area contributed by atoms with Crippen LogP contribution in [-0.4, -0.2) is 32.7 Å². The summed E-state index contributed by atoms with van der Waals surface area (Å²) in [6.07, 6.45) is 2.64. The molecule has 0 aliphatic heterocycles. The van der Waals surface area contributed by atoms with Crippen molar-refractivity contribution in [2.75, 3.05) is 18.7 Å². The largest absolute Gasteiger partial charge is 0.481 e. The quantitative estimate of drug-likeness (QED) is 0.909. The lowest BCUT2D eigenvalue weighted by Crippen LogP contribution is -2.12. The van der Waals surface area contributed by atoms with Crippen LogP contribution in [0.3, 0.4) is 0 Å². The van der Waals surface area contributed by atoms with Crippen molar-refractivity contribution >= 4 is 21.4 Å². The van der Waals surface area contributed by atoms with Gasteiger partial charge in [-0.1, -0.05) is 12.1 Å². The Hall–Kier alpha value is -2.41. The zero-order chi connectivity index (χ0) is 16.2. The maximum absolute atomic E-state index is 12.2. The van der Waals surface area contributed by atoms with Crippen molar-refractivity contribution in [3.8, 4) is 5.88 Å². The highest BCUT2D eigenvalue weighted by molar-refractivity contribution is 7.89. The maximum atomic E-state index is 12.2. The molecule has 7 heteroatoms. The molecule has 0 spiro atoms. The minimum absolute atomic E-state index is 0.0990. The van der Waals surface area contributed by atoms with Crippen molar-refractivity contribution in [3.63, 3.8) is 0 Å². The van der Waals surface area contributed by atoms with Crippen LogP contribution in [0.4, 0.5) is 5.69 Å². The molecule has 0 atom stereocenters. The molecule has 2 aromatic rings. The molecule has 0 bridgehead atoms. The zero-order valence-electron chi connectivity index (χ0n) is 12.2. The van der Waals surface area contributed by atoms with Gasteiger partial charge in [-0.05, 0) is 23.8 Å². The van der Waals surface area contributed by atoms with E-state index in [1.807, 2.05) is 0 Å². The number of hydrogen-bond acceptors (Lipinski definition) is 5. The fraction of sp³-hybridized carbons (Fsp3) is 0.200. The molecular formula is C15H16N2O4S. The fourth-order valence-corrected chi connectivity index (χ4v) is 2.67. The maximum Gasteiger partial charge on any atom is 0.255 e. The van der Waals surface area contributed by atoms with Gasteiger partial charge in [-0.15, -0.1) is 0 Å². The number of ether oxygens (including phenoxy) is 1. The van der Waals surface area contributed by atoms with Crippen LogP contribution in [-0.2, 0) is 15.6 Å². The fourth-order valence-electron chi connectivity index (χ4n) is 1.88. The summed E-state index contributed by atoms with van der Waals surface area (Å²) >= 11 is 0. The highest BCUT2D eigenvalue weighted by Crippen LogP contribution is 2.14. The van der Waals surface area contributed by atoms with Crippen LogP contribution in [0.15, 0.2) is 42.6 Å². The number of sulfone groups is 1. The normalized spacial score (nSPS) is 11.0. The van der Waals surface area contributed by atoms with E-state index >= 15 is 0 Å². The second-order valence-corrected chi connectivity index (χ2v) is 6.95. The van der Waals surface area contributed by atoms with E-state index in [4.69, 9.17) is 4.74 Å². The number of benzene rings is 1. The average Bonchev–Trinajstić information content (AvgIpc) is 2.46. The van der Waals surface area contributed by atoms with Gasteiger partial charge in [0.1, 0.15) is 0 Å². The van der Waals surface area contributed by atoms with Gasteiger partial charge in [-0.3, -0.25) is 4.79 Å². The van der Waals surface area contributed by atoms with Gasteiger partial charge in [-0.2, -0.15) is 0 Å². The summed E-state index contributed by atoms with van der Waals surface area (Å²) in [6, 6.07) is 9.82. The molecule has 0 saturated heterocycles. The molecule has 6 nitrogen and oxygen atoms in total. The average molecular weight is 320 g/mol. The number of methoxy groups -OCH3 is 1. The summed E-state index contributed by atoms with van der Waals surface area (Å²) in [6.45, 7) is 0. The Kier molecular flexibility index (Phi) is 4.77. The highest BCUT2D eigenvalue weighted by Gasteiger charge is 2.10. The first-order valence-corrected chi connectivity index (χ1v) is 8.51. The van der Waals surface area contributed by atoms with Gasteiger partial charge in [0.05, 0.1) is 24.7 Å². The lowest BCUT2D eigenvalue weighted by molar-refractivity contribution is 0.102. The Labute approximate surface area is 129 Å². The Bertz CT molecular complexity index is 770. The molecule has 0 fully saturated rings. The van der Waals surface area contributed by atoms with Crippen LogP contribution in [0, 0.1) is 0 Å². The molecule has 1 aromatic heterocycles. The van der Waals surface area contributed by atoms with E-state index in [9.17, 15) is 13.2 Å². The number of carbonyl (C=O) groups is 1. The van der Waals surface area contributed by atoms with Crippen molar-refractivity contribution in [1.82, 2.24) is 4.98 Å². The number of nitrogens with one attached hydrogen (secondary N) is 1. The van der Waals surface area contributed by atoms with E-state index < -0.39 is 9.84 Å². The van der Waals surface area contributed by atoms with Crippen LogP contribution in [0.2, 0.25) is 0 Å². The molecule has 1 aromatic carbocycles. The third-order valence-corrected chi connectivity index (χ3v) is 3.68. The summed E-state index contributed by atoms with van der Waals surface area (Å²) < 4.78 is 27.6. The molecule has 0 aliphatic rings. The molecule has 1 amide bonds. The highest BCUT2D eigenvalue weighted by atomic mass is 32.2. The molecule has 1 heterocycles. The topological polar surface area (TPSA) is 85.4 Å². The number of amides is 1. The molecule has 0 saturated carbocycles. The third-order valence-electron chi connectivity index (χ3n) is 2.82. The van der Waals surface area contributed by atoms with E-state index in [1.165, 1.54) is 13.3 Å². The van der Waals surface area contributed by atoms with Crippen molar-refractivity contribution in [3.05, 3.63) is 53.7 Å². The lowest BCUT2D eigenvalue weighted by atomic mass is 10.1. The first-order chi connectivity index (χ1) is 10.4. The number of rotatable bonds is 5. The predicted octanol–water partition coefficient (Wildman–Crippen LogP) is 1.89. The van der Waals surface area contributed by atoms with Gasteiger partial charge in [0, 0.05) is 17.9 Å². The van der Waals surface area contributed by atoms with Crippen molar-refractivity contribution in [1.29, 1.82) is 0 Å². The monoisotopic (exact) mass is 320 g/mol. The molecule has 22 heavy (non-hydrogen) atoms. The molecular weight excluding hydrogens is 304 g/mol. The van der Waals surface area contributed by atoms with E-state index in [0.29, 0.717) is 22.7 Å². The summed E-state index contributed by atoms with van der Waals surface area (Å²) in [7, 11) is -1.63. The SMILES string of the molecule is COc1ccc(NC(=O)c2cccc(CS(C)(=O)=O)c2)cn1. The standard InChI is InChI=1S/C15H16N2O4S/c1-21-14-7-6-13(9-16-14)17-15(18)12-5-3-4-11(8-12)10-22(2,19)20/h3-9H,10H2,1-2H3,(H,17,18). The van der Waals surface area contributed by atoms with Gasteiger partial charge >= 0.3 is 0 Å². The molecule has 0 aliphatic carbocycles. The second-order valence-electron chi connectivity index (χ2n) is 4.81. The zero-order valence-corrected chi connectivity index (χ0v) is 13.1. The van der Waals surface area contributed by atoms with Crippen LogP contribution >= 0.6 is 0 Å². The van der Waals surface area contributed by atoms with E-state index in [0.717, 1.165) is 6.26 Å². The minimum atomic E-state index is -3.14. The van der Waals surface area contributed by atoms with Crippen LogP contribution in [0.1, 0.15) is 15.9 Å². The van der Waals surface area contributed by atoms with Crippen molar-refractivity contribution in [2.45, 2.75) is 5.75 Å². The lowest BCUT2D eigenvalue weighted by Gasteiger charge is -2.07. The Morgan fingerprint density at radius 2 is 2.05 bits per heavy atom. The van der Waals surface area contributed by atoms with E-state index in [2.05, 4.69) is 10.3 Å². The summed E-state index contributed by atoms with van der Waals surface area (Å²) in [5.41, 5.74) is 1.49. The van der Waals surface area contributed by atoms with Crippen LogP contribution < -0.4 is 10.1 Å². The molecule has 0 unspecified atom stereocenters. The van der Waals surface area contributed by atoms with Gasteiger partial charge < -0.3 is 10.1 Å². The van der Waals surface area contributed by atoms with Crippen molar-refractivity contribution in [2.24, 2.45) is 0 Å². The van der Waals surface area contributed by atoms with Gasteiger partial charge in [0.25, 0.3) is 5.91 Å².